The molecule has 6 heteroatoms. The molecule has 3 aromatic rings. The molecule has 5 nitrogen and oxygen atoms in total. The van der Waals surface area contributed by atoms with Gasteiger partial charge in [0.2, 0.25) is 0 Å². The summed E-state index contributed by atoms with van der Waals surface area (Å²) in [6.07, 6.45) is 6.33. The van der Waals surface area contributed by atoms with Crippen LogP contribution >= 0.6 is 0 Å². The maximum atomic E-state index is 13.4. The molecule has 1 aromatic heterocycles. The Labute approximate surface area is 175 Å². The van der Waals surface area contributed by atoms with Crippen LogP contribution in [0.5, 0.6) is 0 Å². The maximum Gasteiger partial charge on any atom is 0.273 e. The summed E-state index contributed by atoms with van der Waals surface area (Å²) < 4.78 is 15.2. The van der Waals surface area contributed by atoms with Gasteiger partial charge in [0.05, 0.1) is 11.4 Å². The number of carbonyl (C=O) groups is 1. The first-order valence-electron chi connectivity index (χ1n) is 10.7. The fourth-order valence-electron chi connectivity index (χ4n) is 4.69. The molecule has 0 atom stereocenters. The molecule has 1 heterocycles. The summed E-state index contributed by atoms with van der Waals surface area (Å²) in [6, 6.07) is 16.6. The largest absolute Gasteiger partial charge is 0.350 e. The van der Waals surface area contributed by atoms with Gasteiger partial charge in [0.25, 0.3) is 5.91 Å². The van der Waals surface area contributed by atoms with Crippen LogP contribution in [0.3, 0.4) is 0 Å². The molecule has 2 aliphatic carbocycles. The van der Waals surface area contributed by atoms with Crippen molar-refractivity contribution in [2.24, 2.45) is 0 Å². The van der Waals surface area contributed by atoms with Crippen LogP contribution in [0.4, 0.5) is 4.39 Å². The standard InChI is InChI=1S/C24H25FN4O/c25-19-12-10-18(11-13-19)24(14-4-5-15-24)16-26-23(30)21-22(17-8-9-17)29(28-27-21)20-6-2-1-3-7-20/h1-3,6-7,10-13,17H,4-5,8-9,14-16H2,(H,26,30). The van der Waals surface area contributed by atoms with Gasteiger partial charge in [0, 0.05) is 17.9 Å². The lowest BCUT2D eigenvalue weighted by Crippen LogP contribution is -2.39. The van der Waals surface area contributed by atoms with Crippen molar-refractivity contribution in [3.8, 4) is 5.69 Å². The Hall–Kier alpha value is -3.02. The summed E-state index contributed by atoms with van der Waals surface area (Å²) >= 11 is 0. The number of para-hydroxylation sites is 1. The highest BCUT2D eigenvalue weighted by Gasteiger charge is 2.38. The normalized spacial score (nSPS) is 17.8. The van der Waals surface area contributed by atoms with Gasteiger partial charge in [-0.25, -0.2) is 9.07 Å². The number of nitrogens with one attached hydrogen (secondary N) is 1. The summed E-state index contributed by atoms with van der Waals surface area (Å²) in [4.78, 5) is 13.1. The van der Waals surface area contributed by atoms with Gasteiger partial charge in [-0.05, 0) is 55.5 Å². The summed E-state index contributed by atoms with van der Waals surface area (Å²) in [7, 11) is 0. The predicted octanol–water partition coefficient (Wildman–Crippen LogP) is 4.53. The zero-order valence-electron chi connectivity index (χ0n) is 16.9. The molecule has 5 rings (SSSR count). The molecular formula is C24H25FN4O. The molecule has 0 bridgehead atoms. The van der Waals surface area contributed by atoms with Crippen molar-refractivity contribution in [3.05, 3.63) is 77.4 Å². The van der Waals surface area contributed by atoms with Crippen LogP contribution < -0.4 is 5.32 Å². The minimum Gasteiger partial charge on any atom is -0.350 e. The lowest BCUT2D eigenvalue weighted by Gasteiger charge is -2.30. The van der Waals surface area contributed by atoms with Gasteiger partial charge in [-0.1, -0.05) is 48.4 Å². The van der Waals surface area contributed by atoms with Gasteiger partial charge in [0.15, 0.2) is 5.69 Å². The van der Waals surface area contributed by atoms with E-state index in [0.717, 1.165) is 55.5 Å². The van der Waals surface area contributed by atoms with Crippen LogP contribution in [0.2, 0.25) is 0 Å². The first-order chi connectivity index (χ1) is 14.7. The number of benzene rings is 2. The summed E-state index contributed by atoms with van der Waals surface area (Å²) in [5.74, 6) is -0.0755. The Morgan fingerprint density at radius 3 is 2.43 bits per heavy atom. The van der Waals surface area contributed by atoms with Crippen molar-refractivity contribution < 1.29 is 9.18 Å². The van der Waals surface area contributed by atoms with Crippen LogP contribution in [0.1, 0.15) is 66.2 Å². The van der Waals surface area contributed by atoms with Crippen molar-refractivity contribution in [1.29, 1.82) is 0 Å². The van der Waals surface area contributed by atoms with Crippen molar-refractivity contribution in [2.75, 3.05) is 6.54 Å². The van der Waals surface area contributed by atoms with Gasteiger partial charge < -0.3 is 5.32 Å². The Kier molecular flexibility index (Phi) is 4.85. The van der Waals surface area contributed by atoms with Crippen molar-refractivity contribution in [1.82, 2.24) is 20.3 Å². The highest BCUT2D eigenvalue weighted by molar-refractivity contribution is 5.93. The van der Waals surface area contributed by atoms with E-state index in [-0.39, 0.29) is 17.1 Å². The van der Waals surface area contributed by atoms with E-state index in [9.17, 15) is 9.18 Å². The van der Waals surface area contributed by atoms with Crippen molar-refractivity contribution in [2.45, 2.75) is 49.9 Å². The number of carbonyl (C=O) groups excluding carboxylic acids is 1. The average Bonchev–Trinajstić information content (AvgIpc) is 3.33. The van der Waals surface area contributed by atoms with Crippen LogP contribution in [0.25, 0.3) is 5.69 Å². The van der Waals surface area contributed by atoms with Crippen LogP contribution in [-0.2, 0) is 5.41 Å². The number of hydrogen-bond donors (Lipinski definition) is 1. The van der Waals surface area contributed by atoms with Gasteiger partial charge in [-0.3, -0.25) is 4.79 Å². The van der Waals surface area contributed by atoms with E-state index in [4.69, 9.17) is 0 Å². The highest BCUT2D eigenvalue weighted by atomic mass is 19.1. The van der Waals surface area contributed by atoms with Crippen molar-refractivity contribution >= 4 is 5.91 Å². The molecule has 0 radical (unpaired) electrons. The van der Waals surface area contributed by atoms with E-state index < -0.39 is 0 Å². The molecule has 1 N–H and O–H groups in total. The first-order valence-corrected chi connectivity index (χ1v) is 10.7. The SMILES string of the molecule is O=C(NCC1(c2ccc(F)cc2)CCCC1)c1nnn(-c2ccccc2)c1C1CC1. The molecule has 1 amide bonds. The van der Waals surface area contributed by atoms with Crippen molar-refractivity contribution in [3.63, 3.8) is 0 Å². The third kappa shape index (κ3) is 3.51. The Morgan fingerprint density at radius 1 is 1.07 bits per heavy atom. The fraction of sp³-hybridized carbons (Fsp3) is 0.375. The fourth-order valence-corrected chi connectivity index (χ4v) is 4.69. The molecule has 2 fully saturated rings. The lowest BCUT2D eigenvalue weighted by atomic mass is 9.78. The third-order valence-corrected chi connectivity index (χ3v) is 6.49. The molecule has 30 heavy (non-hydrogen) atoms. The van der Waals surface area contributed by atoms with E-state index in [1.807, 2.05) is 42.5 Å². The molecule has 154 valence electrons. The molecule has 0 unspecified atom stereocenters. The number of aromatic nitrogens is 3. The Morgan fingerprint density at radius 2 is 1.77 bits per heavy atom. The number of nitrogens with zero attached hydrogens (tertiary/aromatic N) is 3. The minimum atomic E-state index is -0.234. The van der Waals surface area contributed by atoms with E-state index >= 15 is 0 Å². The summed E-state index contributed by atoms with van der Waals surface area (Å²) in [5.41, 5.74) is 3.20. The summed E-state index contributed by atoms with van der Waals surface area (Å²) in [5, 5.41) is 11.7. The number of hydrogen-bond acceptors (Lipinski definition) is 3. The second kappa shape index (κ2) is 7.67. The molecule has 0 saturated heterocycles. The van der Waals surface area contributed by atoms with E-state index in [1.54, 1.807) is 4.68 Å². The number of halogens is 1. The van der Waals surface area contributed by atoms with Gasteiger partial charge >= 0.3 is 0 Å². The van der Waals surface area contributed by atoms with Gasteiger partial charge in [0.1, 0.15) is 5.82 Å². The van der Waals surface area contributed by atoms with Crippen LogP contribution in [0, 0.1) is 5.82 Å². The summed E-state index contributed by atoms with van der Waals surface area (Å²) in [6.45, 7) is 0.528. The third-order valence-electron chi connectivity index (χ3n) is 6.49. The number of amides is 1. The van der Waals surface area contributed by atoms with Gasteiger partial charge in [-0.2, -0.15) is 0 Å². The monoisotopic (exact) mass is 404 g/mol. The zero-order valence-corrected chi connectivity index (χ0v) is 16.9. The molecule has 0 spiro atoms. The quantitative estimate of drug-likeness (QED) is 0.657. The minimum absolute atomic E-state index is 0.140. The second-order valence-electron chi connectivity index (χ2n) is 8.52. The van der Waals surface area contributed by atoms with E-state index in [0.29, 0.717) is 18.2 Å². The smallest absolute Gasteiger partial charge is 0.273 e. The first kappa shape index (κ1) is 19.0. The number of rotatable bonds is 6. The van der Waals surface area contributed by atoms with Gasteiger partial charge in [-0.15, -0.1) is 5.10 Å². The average molecular weight is 404 g/mol. The van der Waals surface area contributed by atoms with E-state index in [1.165, 1.54) is 12.1 Å². The lowest BCUT2D eigenvalue weighted by molar-refractivity contribution is 0.0937. The van der Waals surface area contributed by atoms with E-state index in [2.05, 4.69) is 15.6 Å². The predicted molar refractivity (Wildman–Crippen MR) is 112 cm³/mol. The Balaban J connectivity index is 1.39. The molecule has 2 aromatic carbocycles. The molecule has 2 aliphatic rings. The molecular weight excluding hydrogens is 379 g/mol. The zero-order chi connectivity index (χ0) is 20.6. The Bertz CT molecular complexity index is 1030. The highest BCUT2D eigenvalue weighted by Crippen LogP contribution is 2.43. The molecule has 2 saturated carbocycles. The van der Waals surface area contributed by atoms with Crippen LogP contribution in [-0.4, -0.2) is 27.4 Å². The maximum absolute atomic E-state index is 13.4. The topological polar surface area (TPSA) is 59.8 Å². The molecule has 0 aliphatic heterocycles. The van der Waals surface area contributed by atoms with Crippen LogP contribution in [0.15, 0.2) is 54.6 Å². The second-order valence-corrected chi connectivity index (χ2v) is 8.52.